The van der Waals surface area contributed by atoms with Crippen LogP contribution < -0.4 is 5.32 Å². The van der Waals surface area contributed by atoms with Crippen LogP contribution in [0.5, 0.6) is 0 Å². The number of nitrogens with one attached hydrogen (secondary N) is 1. The van der Waals surface area contributed by atoms with Crippen molar-refractivity contribution in [3.8, 4) is 0 Å². The zero-order valence-electron chi connectivity index (χ0n) is 12.1. The van der Waals surface area contributed by atoms with E-state index in [-0.39, 0.29) is 23.8 Å². The van der Waals surface area contributed by atoms with Crippen molar-refractivity contribution in [1.82, 2.24) is 10.2 Å². The van der Waals surface area contributed by atoms with Gasteiger partial charge in [0.05, 0.1) is 5.92 Å². The number of likely N-dealkylation sites (tertiary alicyclic amines) is 1. The van der Waals surface area contributed by atoms with Crippen molar-refractivity contribution < 1.29 is 19.1 Å². The van der Waals surface area contributed by atoms with Crippen LogP contribution in [-0.2, 0) is 19.1 Å². The summed E-state index contributed by atoms with van der Waals surface area (Å²) in [7, 11) is 1.64. The third-order valence-electron chi connectivity index (χ3n) is 3.99. The van der Waals surface area contributed by atoms with Crippen molar-refractivity contribution >= 4 is 11.8 Å². The third kappa shape index (κ3) is 3.93. The molecule has 114 valence electrons. The highest BCUT2D eigenvalue weighted by Gasteiger charge is 2.38. The lowest BCUT2D eigenvalue weighted by atomic mass is 10.1. The molecule has 2 amide bonds. The van der Waals surface area contributed by atoms with Gasteiger partial charge in [0.2, 0.25) is 11.8 Å². The fourth-order valence-electron chi connectivity index (χ4n) is 2.83. The summed E-state index contributed by atoms with van der Waals surface area (Å²) in [6.07, 6.45) is 2.90. The first-order valence-electron chi connectivity index (χ1n) is 7.36. The second-order valence-electron chi connectivity index (χ2n) is 5.43. The van der Waals surface area contributed by atoms with E-state index in [1.807, 2.05) is 4.90 Å². The lowest BCUT2D eigenvalue weighted by Gasteiger charge is -2.31. The second kappa shape index (κ2) is 7.59. The molecule has 2 fully saturated rings. The summed E-state index contributed by atoms with van der Waals surface area (Å²) in [5.41, 5.74) is 0. The van der Waals surface area contributed by atoms with E-state index in [9.17, 15) is 9.59 Å². The third-order valence-corrected chi connectivity index (χ3v) is 3.99. The fraction of sp³-hybridized carbons (Fsp3) is 0.857. The summed E-state index contributed by atoms with van der Waals surface area (Å²) in [5, 5.41) is 2.88. The van der Waals surface area contributed by atoms with Crippen LogP contribution in [0, 0.1) is 5.92 Å². The molecule has 6 heteroatoms. The van der Waals surface area contributed by atoms with Crippen LogP contribution in [0.15, 0.2) is 0 Å². The minimum Gasteiger partial charge on any atom is -0.385 e. The summed E-state index contributed by atoms with van der Waals surface area (Å²) in [6.45, 7) is 3.22. The van der Waals surface area contributed by atoms with Crippen LogP contribution in [0.25, 0.3) is 0 Å². The van der Waals surface area contributed by atoms with Gasteiger partial charge < -0.3 is 19.7 Å². The van der Waals surface area contributed by atoms with Gasteiger partial charge in [0.25, 0.3) is 0 Å². The maximum atomic E-state index is 12.0. The highest BCUT2D eigenvalue weighted by molar-refractivity contribution is 5.89. The Labute approximate surface area is 119 Å². The van der Waals surface area contributed by atoms with Crippen LogP contribution in [-0.4, -0.2) is 62.8 Å². The Morgan fingerprint density at radius 2 is 2.20 bits per heavy atom. The van der Waals surface area contributed by atoms with Gasteiger partial charge in [0.15, 0.2) is 0 Å². The molecule has 0 aromatic rings. The summed E-state index contributed by atoms with van der Waals surface area (Å²) < 4.78 is 10.3. The number of hydrogen-bond donors (Lipinski definition) is 1. The highest BCUT2D eigenvalue weighted by atomic mass is 16.5. The average Bonchev–Trinajstić information content (AvgIpc) is 2.86. The highest BCUT2D eigenvalue weighted by Crippen LogP contribution is 2.24. The molecule has 1 unspecified atom stereocenters. The van der Waals surface area contributed by atoms with Crippen LogP contribution in [0.1, 0.15) is 25.7 Å². The molecule has 2 saturated heterocycles. The number of methoxy groups -OCH3 is 1. The predicted molar refractivity (Wildman–Crippen MR) is 73.2 cm³/mol. The lowest BCUT2D eigenvalue weighted by molar-refractivity contribution is -0.131. The van der Waals surface area contributed by atoms with E-state index in [4.69, 9.17) is 9.47 Å². The largest absolute Gasteiger partial charge is 0.385 e. The molecule has 0 aromatic carbocycles. The molecule has 0 saturated carbocycles. The number of amides is 2. The summed E-state index contributed by atoms with van der Waals surface area (Å²) in [4.78, 5) is 26.0. The van der Waals surface area contributed by atoms with Gasteiger partial charge >= 0.3 is 0 Å². The van der Waals surface area contributed by atoms with Gasteiger partial charge in [-0.25, -0.2) is 0 Å². The Bertz CT molecular complexity index is 342. The average molecular weight is 284 g/mol. The first-order chi connectivity index (χ1) is 9.72. The Balaban J connectivity index is 1.77. The van der Waals surface area contributed by atoms with E-state index < -0.39 is 0 Å². The molecular weight excluding hydrogens is 260 g/mol. The number of carbonyl (C=O) groups excluding carboxylic acids is 2. The van der Waals surface area contributed by atoms with Crippen molar-refractivity contribution in [3.05, 3.63) is 0 Å². The molecular formula is C14H24N2O4. The minimum absolute atomic E-state index is 0.0102. The van der Waals surface area contributed by atoms with Crippen LogP contribution in [0.2, 0.25) is 0 Å². The van der Waals surface area contributed by atoms with Gasteiger partial charge in [-0.05, 0) is 19.3 Å². The van der Waals surface area contributed by atoms with Crippen LogP contribution in [0.4, 0.5) is 0 Å². The van der Waals surface area contributed by atoms with E-state index in [2.05, 4.69) is 5.32 Å². The zero-order chi connectivity index (χ0) is 14.4. The molecule has 0 aromatic heterocycles. The molecule has 0 spiro atoms. The van der Waals surface area contributed by atoms with E-state index >= 15 is 0 Å². The Kier molecular flexibility index (Phi) is 5.79. The Hall–Kier alpha value is -1.14. The molecule has 2 rings (SSSR count). The van der Waals surface area contributed by atoms with Gasteiger partial charge in [-0.3, -0.25) is 9.59 Å². The second-order valence-corrected chi connectivity index (χ2v) is 5.43. The predicted octanol–water partition coefficient (Wildman–Crippen LogP) is 0.167. The molecule has 20 heavy (non-hydrogen) atoms. The number of ether oxygens (including phenoxy) is 2. The maximum absolute atomic E-state index is 12.0. The number of hydrogen-bond acceptors (Lipinski definition) is 4. The maximum Gasteiger partial charge on any atom is 0.225 e. The molecule has 0 bridgehead atoms. The van der Waals surface area contributed by atoms with Crippen molar-refractivity contribution in [2.75, 3.05) is 40.0 Å². The van der Waals surface area contributed by atoms with E-state index in [0.29, 0.717) is 39.3 Å². The summed E-state index contributed by atoms with van der Waals surface area (Å²) in [5.74, 6) is -0.106. The number of rotatable bonds is 6. The van der Waals surface area contributed by atoms with E-state index in [1.54, 1.807) is 7.11 Å². The molecule has 2 aliphatic heterocycles. The van der Waals surface area contributed by atoms with Crippen molar-refractivity contribution in [2.45, 2.75) is 31.7 Å². The van der Waals surface area contributed by atoms with Crippen molar-refractivity contribution in [2.24, 2.45) is 5.92 Å². The first kappa shape index (κ1) is 15.3. The van der Waals surface area contributed by atoms with Gasteiger partial charge in [-0.15, -0.1) is 0 Å². The number of carbonyl (C=O) groups is 2. The van der Waals surface area contributed by atoms with Gasteiger partial charge in [0.1, 0.15) is 0 Å². The molecule has 1 N–H and O–H groups in total. The van der Waals surface area contributed by atoms with Crippen LogP contribution >= 0.6 is 0 Å². The molecule has 6 nitrogen and oxygen atoms in total. The van der Waals surface area contributed by atoms with Crippen molar-refractivity contribution in [1.29, 1.82) is 0 Å². The smallest absolute Gasteiger partial charge is 0.225 e. The standard InChI is InChI=1S/C14H24N2O4/c1-19-6-2-5-15-14(18)11-9-13(17)16(10-11)12-3-7-20-8-4-12/h11-12H,2-10H2,1H3,(H,15,18). The minimum atomic E-state index is -0.201. The topological polar surface area (TPSA) is 67.9 Å². The fourth-order valence-corrected chi connectivity index (χ4v) is 2.83. The lowest BCUT2D eigenvalue weighted by Crippen LogP contribution is -2.41. The molecule has 2 heterocycles. The normalized spacial score (nSPS) is 24.1. The van der Waals surface area contributed by atoms with E-state index in [0.717, 1.165) is 19.3 Å². The van der Waals surface area contributed by atoms with Crippen molar-refractivity contribution in [3.63, 3.8) is 0 Å². The summed E-state index contributed by atoms with van der Waals surface area (Å²) >= 11 is 0. The molecule has 0 radical (unpaired) electrons. The SMILES string of the molecule is COCCCNC(=O)C1CC(=O)N(C2CCOCC2)C1. The molecule has 1 atom stereocenters. The molecule has 0 aliphatic carbocycles. The Morgan fingerprint density at radius 1 is 1.45 bits per heavy atom. The number of nitrogens with zero attached hydrogens (tertiary/aromatic N) is 1. The van der Waals surface area contributed by atoms with E-state index in [1.165, 1.54) is 0 Å². The quantitative estimate of drug-likeness (QED) is 0.706. The first-order valence-corrected chi connectivity index (χ1v) is 7.36. The van der Waals surface area contributed by atoms with Gasteiger partial charge in [-0.2, -0.15) is 0 Å². The Morgan fingerprint density at radius 3 is 2.90 bits per heavy atom. The summed E-state index contributed by atoms with van der Waals surface area (Å²) in [6, 6.07) is 0.252. The molecule has 2 aliphatic rings. The van der Waals surface area contributed by atoms with Gasteiger partial charge in [-0.1, -0.05) is 0 Å². The van der Waals surface area contributed by atoms with Crippen LogP contribution in [0.3, 0.4) is 0 Å². The zero-order valence-corrected chi connectivity index (χ0v) is 12.1. The monoisotopic (exact) mass is 284 g/mol. The van der Waals surface area contributed by atoms with Gasteiger partial charge in [0, 0.05) is 52.5 Å².